The first kappa shape index (κ1) is 10.6. The monoisotopic (exact) mass is 237 g/mol. The summed E-state index contributed by atoms with van der Waals surface area (Å²) >= 11 is 5.98. The third kappa shape index (κ3) is 1.65. The number of hydrogen-bond acceptors (Lipinski definition) is 3. The van der Waals surface area contributed by atoms with Crippen LogP contribution >= 0.6 is 11.6 Å². The van der Waals surface area contributed by atoms with Crippen LogP contribution < -0.4 is 0 Å². The Labute approximate surface area is 96.3 Å². The molecule has 5 nitrogen and oxygen atoms in total. The van der Waals surface area contributed by atoms with Gasteiger partial charge < -0.3 is 5.11 Å². The van der Waals surface area contributed by atoms with Gasteiger partial charge in [0.25, 0.3) is 0 Å². The lowest BCUT2D eigenvalue weighted by Gasteiger charge is -2.07. The number of pyridine rings is 1. The number of imidazole rings is 1. The molecule has 82 valence electrons. The highest BCUT2D eigenvalue weighted by atomic mass is 35.5. The van der Waals surface area contributed by atoms with Crippen LogP contribution in [0, 0.1) is 6.92 Å². The molecule has 2 rings (SSSR count). The topological polar surface area (TPSA) is 68.0 Å². The Bertz CT molecular complexity index is 551. The summed E-state index contributed by atoms with van der Waals surface area (Å²) in [5, 5.41) is 9.03. The number of nitrogens with zero attached hydrogens (tertiary/aromatic N) is 3. The van der Waals surface area contributed by atoms with E-state index in [-0.39, 0.29) is 10.6 Å². The largest absolute Gasteiger partial charge is 0.478 e. The Kier molecular flexibility index (Phi) is 2.62. The second-order valence-corrected chi connectivity index (χ2v) is 3.52. The third-order valence-corrected chi connectivity index (χ3v) is 2.53. The Balaban J connectivity index is 2.63. The number of carbonyl (C=O) groups is 1. The number of aromatic nitrogens is 3. The summed E-state index contributed by atoms with van der Waals surface area (Å²) in [4.78, 5) is 19.0. The van der Waals surface area contributed by atoms with Gasteiger partial charge in [-0.05, 0) is 13.0 Å². The van der Waals surface area contributed by atoms with Gasteiger partial charge in [0.05, 0.1) is 10.6 Å². The van der Waals surface area contributed by atoms with E-state index in [2.05, 4.69) is 9.97 Å². The smallest absolute Gasteiger partial charge is 0.337 e. The van der Waals surface area contributed by atoms with Gasteiger partial charge in [-0.15, -0.1) is 0 Å². The lowest BCUT2D eigenvalue weighted by atomic mass is 10.2. The minimum Gasteiger partial charge on any atom is -0.478 e. The van der Waals surface area contributed by atoms with Crippen LogP contribution in [0.1, 0.15) is 16.2 Å². The number of rotatable bonds is 2. The van der Waals surface area contributed by atoms with Crippen molar-refractivity contribution in [3.05, 3.63) is 41.1 Å². The van der Waals surface area contributed by atoms with Crippen LogP contribution in [0.4, 0.5) is 0 Å². The van der Waals surface area contributed by atoms with Crippen molar-refractivity contribution in [3.63, 3.8) is 0 Å². The van der Waals surface area contributed by atoms with E-state index in [0.717, 1.165) is 0 Å². The molecule has 0 fully saturated rings. The first-order valence-electron chi connectivity index (χ1n) is 4.49. The van der Waals surface area contributed by atoms with Gasteiger partial charge in [-0.3, -0.25) is 4.57 Å². The number of aromatic carboxylic acids is 1. The van der Waals surface area contributed by atoms with E-state index in [1.54, 1.807) is 23.9 Å². The van der Waals surface area contributed by atoms with Crippen molar-refractivity contribution >= 4 is 17.6 Å². The summed E-state index contributed by atoms with van der Waals surface area (Å²) in [7, 11) is 0. The van der Waals surface area contributed by atoms with Crippen molar-refractivity contribution in [3.8, 4) is 5.82 Å². The van der Waals surface area contributed by atoms with Gasteiger partial charge in [0.1, 0.15) is 5.82 Å². The fourth-order valence-electron chi connectivity index (χ4n) is 1.37. The van der Waals surface area contributed by atoms with Gasteiger partial charge in [0.2, 0.25) is 0 Å². The molecule has 0 spiro atoms. The SMILES string of the molecule is Cc1nccn1-c1nccc(C(=O)O)c1Cl. The molecule has 0 aromatic carbocycles. The molecule has 16 heavy (non-hydrogen) atoms. The Hall–Kier alpha value is -1.88. The highest BCUT2D eigenvalue weighted by Crippen LogP contribution is 2.23. The molecule has 0 aliphatic rings. The maximum Gasteiger partial charge on any atom is 0.337 e. The lowest BCUT2D eigenvalue weighted by molar-refractivity contribution is 0.0697. The zero-order valence-electron chi connectivity index (χ0n) is 8.38. The molecule has 2 aromatic rings. The maximum absolute atomic E-state index is 10.9. The summed E-state index contributed by atoms with van der Waals surface area (Å²) in [6.07, 6.45) is 4.68. The van der Waals surface area contributed by atoms with Crippen molar-refractivity contribution < 1.29 is 9.90 Å². The molecule has 0 bridgehead atoms. The average Bonchev–Trinajstić information content (AvgIpc) is 2.64. The number of halogens is 1. The van der Waals surface area contributed by atoms with E-state index in [4.69, 9.17) is 16.7 Å². The van der Waals surface area contributed by atoms with Crippen molar-refractivity contribution in [1.29, 1.82) is 0 Å². The van der Waals surface area contributed by atoms with E-state index in [1.165, 1.54) is 12.3 Å². The lowest BCUT2D eigenvalue weighted by Crippen LogP contribution is -2.05. The van der Waals surface area contributed by atoms with E-state index in [9.17, 15) is 4.79 Å². The molecule has 0 aliphatic carbocycles. The molecule has 0 unspecified atom stereocenters. The summed E-state index contributed by atoms with van der Waals surface area (Å²) in [5.74, 6) is -0.0140. The van der Waals surface area contributed by atoms with E-state index in [1.807, 2.05) is 0 Å². The molecule has 0 saturated heterocycles. The molecule has 2 heterocycles. The van der Waals surface area contributed by atoms with Gasteiger partial charge in [0, 0.05) is 18.6 Å². The third-order valence-electron chi connectivity index (χ3n) is 2.16. The Morgan fingerprint density at radius 3 is 2.75 bits per heavy atom. The van der Waals surface area contributed by atoms with Crippen molar-refractivity contribution in [2.45, 2.75) is 6.92 Å². The molecule has 0 saturated carbocycles. The molecule has 6 heteroatoms. The standard InChI is InChI=1S/C10H8ClN3O2/c1-6-12-4-5-14(6)9-8(11)7(10(15)16)2-3-13-9/h2-5H,1H3,(H,15,16). The summed E-state index contributed by atoms with van der Waals surface area (Å²) in [5.41, 5.74) is 0.0276. The number of hydrogen-bond donors (Lipinski definition) is 1. The van der Waals surface area contributed by atoms with Crippen molar-refractivity contribution in [2.75, 3.05) is 0 Å². The quantitative estimate of drug-likeness (QED) is 0.867. The second-order valence-electron chi connectivity index (χ2n) is 3.15. The zero-order valence-corrected chi connectivity index (χ0v) is 9.14. The summed E-state index contributed by atoms with van der Waals surface area (Å²) in [6.45, 7) is 1.78. The van der Waals surface area contributed by atoms with Crippen molar-refractivity contribution in [1.82, 2.24) is 14.5 Å². The van der Waals surface area contributed by atoms with E-state index < -0.39 is 5.97 Å². The molecular weight excluding hydrogens is 230 g/mol. The molecule has 0 aliphatic heterocycles. The van der Waals surface area contributed by atoms with Crippen LogP contribution in [-0.4, -0.2) is 25.6 Å². The predicted octanol–water partition coefficient (Wildman–Crippen LogP) is 1.93. The predicted molar refractivity (Wildman–Crippen MR) is 58.1 cm³/mol. The highest BCUT2D eigenvalue weighted by molar-refractivity contribution is 6.35. The van der Waals surface area contributed by atoms with Crippen LogP contribution in [0.2, 0.25) is 5.02 Å². The van der Waals surface area contributed by atoms with E-state index >= 15 is 0 Å². The normalized spacial score (nSPS) is 10.4. The van der Waals surface area contributed by atoms with Crippen LogP contribution in [0.25, 0.3) is 5.82 Å². The van der Waals surface area contributed by atoms with Gasteiger partial charge in [0.15, 0.2) is 5.82 Å². The van der Waals surface area contributed by atoms with Crippen LogP contribution in [-0.2, 0) is 0 Å². The highest BCUT2D eigenvalue weighted by Gasteiger charge is 2.15. The van der Waals surface area contributed by atoms with Crippen LogP contribution in [0.15, 0.2) is 24.7 Å². The number of carboxylic acids is 1. The van der Waals surface area contributed by atoms with Crippen LogP contribution in [0.3, 0.4) is 0 Å². The molecule has 0 amide bonds. The summed E-state index contributed by atoms with van der Waals surface area (Å²) < 4.78 is 1.63. The van der Waals surface area contributed by atoms with E-state index in [0.29, 0.717) is 11.6 Å². The zero-order chi connectivity index (χ0) is 11.7. The first-order valence-corrected chi connectivity index (χ1v) is 4.87. The number of carboxylic acid groups (broad SMARTS) is 1. The molecule has 0 radical (unpaired) electrons. The fraction of sp³-hybridized carbons (Fsp3) is 0.100. The first-order chi connectivity index (χ1) is 7.61. The fourth-order valence-corrected chi connectivity index (χ4v) is 1.65. The van der Waals surface area contributed by atoms with Gasteiger partial charge in [-0.1, -0.05) is 11.6 Å². The Morgan fingerprint density at radius 1 is 1.44 bits per heavy atom. The molecule has 1 N–H and O–H groups in total. The molecule has 2 aromatic heterocycles. The van der Waals surface area contributed by atoms with Crippen molar-refractivity contribution in [2.24, 2.45) is 0 Å². The molecule has 0 atom stereocenters. The van der Waals surface area contributed by atoms with Gasteiger partial charge >= 0.3 is 5.97 Å². The molecular formula is C10H8ClN3O2. The summed E-state index contributed by atoms with van der Waals surface area (Å²) in [6, 6.07) is 1.36. The van der Waals surface area contributed by atoms with Gasteiger partial charge in [-0.25, -0.2) is 14.8 Å². The van der Waals surface area contributed by atoms with Gasteiger partial charge in [-0.2, -0.15) is 0 Å². The Morgan fingerprint density at radius 2 is 2.19 bits per heavy atom. The minimum atomic E-state index is -1.08. The second kappa shape index (κ2) is 3.94. The van der Waals surface area contributed by atoms with Crippen LogP contribution in [0.5, 0.6) is 0 Å². The maximum atomic E-state index is 10.9. The average molecular weight is 238 g/mol. The number of aryl methyl sites for hydroxylation is 1. The minimum absolute atomic E-state index is 0.0276.